The van der Waals surface area contributed by atoms with Crippen molar-refractivity contribution in [3.63, 3.8) is 0 Å². The molecule has 29 heavy (non-hydrogen) atoms. The van der Waals surface area contributed by atoms with Crippen molar-refractivity contribution >= 4 is 23.1 Å². The average molecular weight is 391 g/mol. The molecule has 1 unspecified atom stereocenters. The first-order chi connectivity index (χ1) is 14.2. The van der Waals surface area contributed by atoms with Crippen LogP contribution in [-0.4, -0.2) is 58.6 Å². The van der Waals surface area contributed by atoms with Crippen LogP contribution in [0.3, 0.4) is 0 Å². The summed E-state index contributed by atoms with van der Waals surface area (Å²) in [6.45, 7) is 3.91. The number of rotatable bonds is 4. The van der Waals surface area contributed by atoms with Gasteiger partial charge in [0.25, 0.3) is 0 Å². The van der Waals surface area contributed by atoms with Crippen LogP contribution < -0.4 is 10.6 Å². The summed E-state index contributed by atoms with van der Waals surface area (Å²) in [5, 5.41) is 18.0. The van der Waals surface area contributed by atoms with E-state index in [4.69, 9.17) is 0 Å². The predicted molar refractivity (Wildman–Crippen MR) is 114 cm³/mol. The Bertz CT molecular complexity index is 984. The number of nitrogens with one attached hydrogen (secondary N) is 2. The highest BCUT2D eigenvalue weighted by Crippen LogP contribution is 2.30. The number of aromatic hydroxyl groups is 1. The number of hydrogen-bond acceptors (Lipinski definition) is 6. The number of carbonyl (C=O) groups is 1. The molecule has 1 aromatic heterocycles. The largest absolute Gasteiger partial charge is 0.507 e. The number of nitrogens with zero attached hydrogens (tertiary/aromatic N) is 3. The second kappa shape index (κ2) is 8.87. The summed E-state index contributed by atoms with van der Waals surface area (Å²) in [5.74, 6) is 1.55. The fraction of sp³-hybridized carbons (Fsp3) is 0.318. The van der Waals surface area contributed by atoms with Gasteiger partial charge in [-0.3, -0.25) is 4.79 Å². The quantitative estimate of drug-likeness (QED) is 0.593. The van der Waals surface area contributed by atoms with Gasteiger partial charge < -0.3 is 20.6 Å². The Balaban J connectivity index is 0.000000294. The van der Waals surface area contributed by atoms with Gasteiger partial charge in [-0.25, -0.2) is 9.97 Å². The molecule has 2 saturated heterocycles. The molecule has 7 nitrogen and oxygen atoms in total. The number of benzene rings is 2. The second-order valence-corrected chi connectivity index (χ2v) is 7.26. The van der Waals surface area contributed by atoms with Gasteiger partial charge in [0, 0.05) is 31.1 Å². The zero-order valence-corrected chi connectivity index (χ0v) is 16.2. The first kappa shape index (κ1) is 19.1. The molecule has 3 heterocycles. The van der Waals surface area contributed by atoms with Crippen molar-refractivity contribution in [2.45, 2.75) is 18.9 Å². The molecule has 0 radical (unpaired) electrons. The minimum absolute atomic E-state index is 0.191. The number of amides is 1. The standard InChI is InChI=1S/C18H18N4O.C4H7NO/c23-16-8-4-2-6-14(16)18-21-15-7-3-1-5-13(15)17(22-18)20-12-9-10-19-11-12;6-4-5-2-1-3-5/h1-8,12,19,23H,9-11H2,(H,20,21,22);4H,1-3H2. The molecule has 2 aliphatic heterocycles. The molecule has 3 N–H and O–H groups in total. The Hall–Kier alpha value is -3.19. The number of carbonyl (C=O) groups excluding carboxylic acids is 1. The number of hydrogen-bond donors (Lipinski definition) is 3. The molecule has 2 aliphatic rings. The fourth-order valence-electron chi connectivity index (χ4n) is 3.39. The predicted octanol–water partition coefficient (Wildman–Crippen LogP) is 2.62. The van der Waals surface area contributed by atoms with E-state index < -0.39 is 0 Å². The van der Waals surface area contributed by atoms with Crippen LogP contribution in [-0.2, 0) is 4.79 Å². The van der Waals surface area contributed by atoms with Gasteiger partial charge in [-0.2, -0.15) is 0 Å². The summed E-state index contributed by atoms with van der Waals surface area (Å²) in [6.07, 6.45) is 3.16. The minimum Gasteiger partial charge on any atom is -0.507 e. The van der Waals surface area contributed by atoms with E-state index in [-0.39, 0.29) is 5.75 Å². The van der Waals surface area contributed by atoms with E-state index in [1.54, 1.807) is 17.0 Å². The number of aromatic nitrogens is 2. The Morgan fingerprint density at radius 2 is 1.90 bits per heavy atom. The molecule has 150 valence electrons. The van der Waals surface area contributed by atoms with E-state index in [0.29, 0.717) is 17.4 Å². The summed E-state index contributed by atoms with van der Waals surface area (Å²) >= 11 is 0. The van der Waals surface area contributed by atoms with Gasteiger partial charge in [-0.15, -0.1) is 0 Å². The molecule has 0 bridgehead atoms. The van der Waals surface area contributed by atoms with Crippen LogP contribution in [0.5, 0.6) is 5.75 Å². The van der Waals surface area contributed by atoms with Gasteiger partial charge in [-0.05, 0) is 43.7 Å². The third-order valence-electron chi connectivity index (χ3n) is 5.19. The normalized spacial score (nSPS) is 17.9. The maximum Gasteiger partial charge on any atom is 0.209 e. The highest BCUT2D eigenvalue weighted by Gasteiger charge is 2.18. The molecular formula is C22H25N5O2. The summed E-state index contributed by atoms with van der Waals surface area (Å²) in [4.78, 5) is 20.8. The zero-order chi connectivity index (χ0) is 20.1. The topological polar surface area (TPSA) is 90.4 Å². The van der Waals surface area contributed by atoms with Crippen molar-refractivity contribution in [1.29, 1.82) is 0 Å². The van der Waals surface area contributed by atoms with Crippen LogP contribution >= 0.6 is 0 Å². The number of phenolic OH excluding ortho intramolecular Hbond substituents is 1. The van der Waals surface area contributed by atoms with Crippen molar-refractivity contribution in [1.82, 2.24) is 20.2 Å². The van der Waals surface area contributed by atoms with E-state index in [1.165, 1.54) is 6.42 Å². The minimum atomic E-state index is 0.191. The first-order valence-electron chi connectivity index (χ1n) is 9.96. The monoisotopic (exact) mass is 391 g/mol. The zero-order valence-electron chi connectivity index (χ0n) is 16.2. The van der Waals surface area contributed by atoms with Crippen molar-refractivity contribution in [3.05, 3.63) is 48.5 Å². The number of fused-ring (bicyclic) bond motifs is 1. The highest BCUT2D eigenvalue weighted by atomic mass is 16.3. The summed E-state index contributed by atoms with van der Waals surface area (Å²) < 4.78 is 0. The second-order valence-electron chi connectivity index (χ2n) is 7.26. The summed E-state index contributed by atoms with van der Waals surface area (Å²) in [6, 6.07) is 15.5. The van der Waals surface area contributed by atoms with Gasteiger partial charge in [0.05, 0.1) is 11.1 Å². The van der Waals surface area contributed by atoms with Gasteiger partial charge in [0.2, 0.25) is 6.41 Å². The van der Waals surface area contributed by atoms with E-state index in [0.717, 1.165) is 55.7 Å². The number of likely N-dealkylation sites (tertiary alicyclic amines) is 1. The van der Waals surface area contributed by atoms with Gasteiger partial charge in [0.1, 0.15) is 11.6 Å². The molecule has 7 heteroatoms. The molecule has 1 atom stereocenters. The molecule has 0 spiro atoms. The maximum atomic E-state index is 10.1. The molecule has 2 aromatic carbocycles. The van der Waals surface area contributed by atoms with Gasteiger partial charge in [0.15, 0.2) is 5.82 Å². The SMILES string of the molecule is O=CN1CCC1.Oc1ccccc1-c1nc(NC2CCNC2)c2ccccc2n1. The van der Waals surface area contributed by atoms with Crippen molar-refractivity contribution in [2.75, 3.05) is 31.5 Å². The summed E-state index contributed by atoms with van der Waals surface area (Å²) in [5.41, 5.74) is 1.51. The Morgan fingerprint density at radius 3 is 2.55 bits per heavy atom. The molecule has 0 aliphatic carbocycles. The van der Waals surface area contributed by atoms with Crippen LogP contribution in [0.15, 0.2) is 48.5 Å². The van der Waals surface area contributed by atoms with Crippen molar-refractivity contribution in [2.24, 2.45) is 0 Å². The van der Waals surface area contributed by atoms with Gasteiger partial charge in [-0.1, -0.05) is 24.3 Å². The third kappa shape index (κ3) is 4.46. The van der Waals surface area contributed by atoms with Crippen LogP contribution in [0.4, 0.5) is 5.82 Å². The number of phenols is 1. The Kier molecular flexibility index (Phi) is 5.86. The Labute approximate surface area is 169 Å². The smallest absolute Gasteiger partial charge is 0.209 e. The van der Waals surface area contributed by atoms with E-state index in [2.05, 4.69) is 20.6 Å². The lowest BCUT2D eigenvalue weighted by atomic mass is 10.1. The molecule has 2 fully saturated rings. The van der Waals surface area contributed by atoms with Crippen LogP contribution in [0, 0.1) is 0 Å². The molecular weight excluding hydrogens is 366 g/mol. The van der Waals surface area contributed by atoms with E-state index in [9.17, 15) is 9.90 Å². The van der Waals surface area contributed by atoms with E-state index >= 15 is 0 Å². The summed E-state index contributed by atoms with van der Waals surface area (Å²) in [7, 11) is 0. The van der Waals surface area contributed by atoms with Crippen LogP contribution in [0.25, 0.3) is 22.3 Å². The molecule has 0 saturated carbocycles. The first-order valence-corrected chi connectivity index (χ1v) is 9.96. The average Bonchev–Trinajstić information content (AvgIpc) is 3.21. The lowest BCUT2D eigenvalue weighted by Gasteiger charge is -2.25. The number of para-hydroxylation sites is 2. The Morgan fingerprint density at radius 1 is 1.10 bits per heavy atom. The van der Waals surface area contributed by atoms with E-state index in [1.807, 2.05) is 36.4 Å². The molecule has 1 amide bonds. The lowest BCUT2D eigenvalue weighted by Crippen LogP contribution is -2.35. The molecule has 5 rings (SSSR count). The van der Waals surface area contributed by atoms with Crippen LogP contribution in [0.1, 0.15) is 12.8 Å². The van der Waals surface area contributed by atoms with Crippen molar-refractivity contribution in [3.8, 4) is 17.1 Å². The highest BCUT2D eigenvalue weighted by molar-refractivity contribution is 5.91. The maximum absolute atomic E-state index is 10.1. The van der Waals surface area contributed by atoms with Crippen molar-refractivity contribution < 1.29 is 9.90 Å². The number of anilines is 1. The van der Waals surface area contributed by atoms with Crippen LogP contribution in [0.2, 0.25) is 0 Å². The third-order valence-corrected chi connectivity index (χ3v) is 5.19. The lowest BCUT2D eigenvalue weighted by molar-refractivity contribution is -0.121. The van der Waals surface area contributed by atoms with Gasteiger partial charge >= 0.3 is 0 Å². The molecule has 3 aromatic rings. The fourth-order valence-corrected chi connectivity index (χ4v) is 3.39.